The van der Waals surface area contributed by atoms with Gasteiger partial charge in [-0.25, -0.2) is 4.39 Å². The normalized spacial score (nSPS) is 13.2. The molecule has 0 heterocycles. The van der Waals surface area contributed by atoms with Crippen molar-refractivity contribution in [3.8, 4) is 0 Å². The molecule has 0 bridgehead atoms. The van der Waals surface area contributed by atoms with Gasteiger partial charge in [-0.3, -0.25) is 4.79 Å². The van der Waals surface area contributed by atoms with Crippen molar-refractivity contribution in [2.45, 2.75) is 6.18 Å². The van der Waals surface area contributed by atoms with Crippen LogP contribution in [0.1, 0.15) is 0 Å². The van der Waals surface area contributed by atoms with Gasteiger partial charge in [-0.15, -0.1) is 0 Å². The molecule has 1 aromatic rings. The molecule has 1 rings (SSSR count). The van der Waals surface area contributed by atoms with Gasteiger partial charge in [0.2, 0.25) is 0 Å². The van der Waals surface area contributed by atoms with Gasteiger partial charge in [-0.2, -0.15) is 13.2 Å². The molecule has 0 aliphatic carbocycles. The molecule has 1 atom stereocenters. The molecular formula is C10H9F4NO2. The Labute approximate surface area is 94.1 Å². The van der Waals surface area contributed by atoms with Gasteiger partial charge in [0.15, 0.2) is 5.92 Å². The van der Waals surface area contributed by atoms with Gasteiger partial charge in [0.25, 0.3) is 0 Å². The van der Waals surface area contributed by atoms with Crippen molar-refractivity contribution >= 4 is 11.7 Å². The minimum Gasteiger partial charge on any atom is -0.481 e. The second-order valence-electron chi connectivity index (χ2n) is 3.32. The first-order valence-electron chi connectivity index (χ1n) is 4.59. The number of hydrogen-bond acceptors (Lipinski definition) is 2. The zero-order valence-electron chi connectivity index (χ0n) is 8.46. The van der Waals surface area contributed by atoms with Crippen LogP contribution < -0.4 is 5.32 Å². The highest BCUT2D eigenvalue weighted by Crippen LogP contribution is 2.26. The van der Waals surface area contributed by atoms with Crippen molar-refractivity contribution in [2.24, 2.45) is 5.92 Å². The van der Waals surface area contributed by atoms with Gasteiger partial charge in [0.1, 0.15) is 5.82 Å². The van der Waals surface area contributed by atoms with E-state index in [2.05, 4.69) is 5.32 Å². The molecule has 2 N–H and O–H groups in total. The maximum absolute atomic E-state index is 12.5. The summed E-state index contributed by atoms with van der Waals surface area (Å²) in [7, 11) is 0. The molecule has 0 amide bonds. The lowest BCUT2D eigenvalue weighted by atomic mass is 10.1. The Hall–Kier alpha value is -1.79. The summed E-state index contributed by atoms with van der Waals surface area (Å²) in [5.74, 6) is -4.97. The molecule has 17 heavy (non-hydrogen) atoms. The summed E-state index contributed by atoms with van der Waals surface area (Å²) in [6.45, 7) is -0.801. The fraction of sp³-hybridized carbons (Fsp3) is 0.300. The van der Waals surface area contributed by atoms with Gasteiger partial charge >= 0.3 is 12.1 Å². The number of benzene rings is 1. The van der Waals surface area contributed by atoms with E-state index in [9.17, 15) is 22.4 Å². The highest BCUT2D eigenvalue weighted by atomic mass is 19.4. The number of carbonyl (C=O) groups is 1. The van der Waals surface area contributed by atoms with E-state index < -0.39 is 30.4 Å². The molecule has 0 saturated carbocycles. The third-order valence-corrected chi connectivity index (χ3v) is 2.05. The number of carboxylic acid groups (broad SMARTS) is 1. The van der Waals surface area contributed by atoms with Crippen molar-refractivity contribution in [2.75, 3.05) is 11.9 Å². The maximum atomic E-state index is 12.5. The van der Waals surface area contributed by atoms with Crippen LogP contribution in [0.25, 0.3) is 0 Å². The second-order valence-corrected chi connectivity index (χ2v) is 3.32. The van der Waals surface area contributed by atoms with E-state index >= 15 is 0 Å². The molecule has 1 aromatic carbocycles. The predicted octanol–water partition coefficient (Wildman–Crippen LogP) is 2.50. The Balaban J connectivity index is 2.65. The minimum absolute atomic E-state index is 0.224. The third-order valence-electron chi connectivity index (χ3n) is 2.05. The van der Waals surface area contributed by atoms with Gasteiger partial charge in [-0.1, -0.05) is 0 Å². The summed E-state index contributed by atoms with van der Waals surface area (Å²) < 4.78 is 49.3. The van der Waals surface area contributed by atoms with Crippen LogP contribution in [0.5, 0.6) is 0 Å². The summed E-state index contributed by atoms with van der Waals surface area (Å²) >= 11 is 0. The van der Waals surface area contributed by atoms with Crippen molar-refractivity contribution in [3.05, 3.63) is 30.1 Å². The number of anilines is 1. The number of alkyl halides is 3. The molecule has 0 aliphatic heterocycles. The van der Waals surface area contributed by atoms with Crippen LogP contribution in [0.3, 0.4) is 0 Å². The summed E-state index contributed by atoms with van der Waals surface area (Å²) in [5.41, 5.74) is 0.224. The topological polar surface area (TPSA) is 49.3 Å². The van der Waals surface area contributed by atoms with Gasteiger partial charge in [0, 0.05) is 12.2 Å². The van der Waals surface area contributed by atoms with E-state index in [1.54, 1.807) is 0 Å². The quantitative estimate of drug-likeness (QED) is 0.808. The third kappa shape index (κ3) is 3.93. The van der Waals surface area contributed by atoms with E-state index in [0.29, 0.717) is 0 Å². The molecule has 94 valence electrons. The highest BCUT2D eigenvalue weighted by Gasteiger charge is 2.44. The zero-order chi connectivity index (χ0) is 13.1. The van der Waals surface area contributed by atoms with E-state index in [1.165, 1.54) is 12.1 Å². The molecule has 0 radical (unpaired) electrons. The average Bonchev–Trinajstić information content (AvgIpc) is 2.18. The van der Waals surface area contributed by atoms with E-state index in [1.807, 2.05) is 0 Å². The smallest absolute Gasteiger partial charge is 0.403 e. The number of rotatable bonds is 4. The molecule has 0 fully saturated rings. The molecular weight excluding hydrogens is 242 g/mol. The average molecular weight is 251 g/mol. The van der Waals surface area contributed by atoms with Crippen LogP contribution in [0, 0.1) is 11.7 Å². The lowest BCUT2D eigenvalue weighted by Crippen LogP contribution is -2.36. The Kier molecular flexibility index (Phi) is 3.93. The van der Waals surface area contributed by atoms with Crippen LogP contribution >= 0.6 is 0 Å². The summed E-state index contributed by atoms with van der Waals surface area (Å²) in [5, 5.41) is 10.7. The monoisotopic (exact) mass is 251 g/mol. The lowest BCUT2D eigenvalue weighted by Gasteiger charge is -2.17. The standard InChI is InChI=1S/C10H9F4NO2/c11-6-1-3-7(4-2-6)15-5-8(9(16)17)10(12,13)14/h1-4,8,15H,5H2,(H,16,17). The Morgan fingerprint density at radius 3 is 2.24 bits per heavy atom. The maximum Gasteiger partial charge on any atom is 0.403 e. The Bertz CT molecular complexity index is 388. The molecule has 0 spiro atoms. The largest absolute Gasteiger partial charge is 0.481 e. The highest BCUT2D eigenvalue weighted by molar-refractivity contribution is 5.71. The first kappa shape index (κ1) is 13.3. The fourth-order valence-electron chi connectivity index (χ4n) is 1.13. The van der Waals surface area contributed by atoms with E-state index in [0.717, 1.165) is 12.1 Å². The first-order chi connectivity index (χ1) is 7.80. The van der Waals surface area contributed by atoms with Gasteiger partial charge in [-0.05, 0) is 24.3 Å². The Morgan fingerprint density at radius 1 is 1.29 bits per heavy atom. The van der Waals surface area contributed by atoms with Crippen LogP contribution in [0.15, 0.2) is 24.3 Å². The molecule has 0 aromatic heterocycles. The molecule has 7 heteroatoms. The van der Waals surface area contributed by atoms with Crippen molar-refractivity contribution < 1.29 is 27.5 Å². The van der Waals surface area contributed by atoms with Crippen molar-refractivity contribution in [3.63, 3.8) is 0 Å². The number of nitrogens with one attached hydrogen (secondary N) is 1. The predicted molar refractivity (Wildman–Crippen MR) is 52.1 cm³/mol. The summed E-state index contributed by atoms with van der Waals surface area (Å²) in [6.07, 6.45) is -4.82. The van der Waals surface area contributed by atoms with Crippen LogP contribution in [0.2, 0.25) is 0 Å². The van der Waals surface area contributed by atoms with Crippen LogP contribution in [0.4, 0.5) is 23.2 Å². The van der Waals surface area contributed by atoms with E-state index in [-0.39, 0.29) is 5.69 Å². The lowest BCUT2D eigenvalue weighted by molar-refractivity contribution is -0.190. The minimum atomic E-state index is -4.82. The number of halogens is 4. The summed E-state index contributed by atoms with van der Waals surface area (Å²) in [4.78, 5) is 10.4. The summed E-state index contributed by atoms with van der Waals surface area (Å²) in [6, 6.07) is 4.58. The van der Waals surface area contributed by atoms with Crippen LogP contribution in [-0.2, 0) is 4.79 Å². The number of carboxylic acids is 1. The molecule has 0 saturated heterocycles. The molecule has 0 aliphatic rings. The molecule has 3 nitrogen and oxygen atoms in total. The van der Waals surface area contributed by atoms with Gasteiger partial charge < -0.3 is 10.4 Å². The number of hydrogen-bond donors (Lipinski definition) is 2. The molecule has 1 unspecified atom stereocenters. The van der Waals surface area contributed by atoms with Crippen LogP contribution in [-0.4, -0.2) is 23.8 Å². The zero-order valence-corrected chi connectivity index (χ0v) is 8.46. The van der Waals surface area contributed by atoms with E-state index in [4.69, 9.17) is 5.11 Å². The number of aliphatic carboxylic acids is 1. The SMILES string of the molecule is O=C(O)C(CNc1ccc(F)cc1)C(F)(F)F. The second kappa shape index (κ2) is 5.03. The Morgan fingerprint density at radius 2 is 1.82 bits per heavy atom. The van der Waals surface area contributed by atoms with Crippen molar-refractivity contribution in [1.82, 2.24) is 0 Å². The van der Waals surface area contributed by atoms with Gasteiger partial charge in [0.05, 0.1) is 0 Å². The van der Waals surface area contributed by atoms with Crippen molar-refractivity contribution in [1.29, 1.82) is 0 Å². The first-order valence-corrected chi connectivity index (χ1v) is 4.59. The fourth-order valence-corrected chi connectivity index (χ4v) is 1.13.